The van der Waals surface area contributed by atoms with Crippen LogP contribution in [0.25, 0.3) is 6.08 Å². The van der Waals surface area contributed by atoms with Gasteiger partial charge in [0.05, 0.1) is 17.7 Å². The fraction of sp³-hybridized carbons (Fsp3) is 0.120. The number of benzene rings is 3. The van der Waals surface area contributed by atoms with Crippen LogP contribution >= 0.6 is 23.4 Å². The molecule has 0 radical (unpaired) electrons. The number of rotatable bonds is 6. The van der Waals surface area contributed by atoms with E-state index in [4.69, 9.17) is 21.3 Å². The molecule has 6 heteroatoms. The molecular weight excluding hydrogens is 428 g/mol. The summed E-state index contributed by atoms with van der Waals surface area (Å²) in [6, 6.07) is 25.1. The van der Waals surface area contributed by atoms with Gasteiger partial charge in [-0.2, -0.15) is 0 Å². The molecule has 0 spiro atoms. The largest absolute Gasteiger partial charge is 0.496 e. The minimum Gasteiger partial charge on any atom is -0.496 e. The van der Waals surface area contributed by atoms with Gasteiger partial charge in [0.2, 0.25) is 0 Å². The summed E-state index contributed by atoms with van der Waals surface area (Å²) in [6.07, 6.45) is 2.56. The van der Waals surface area contributed by atoms with Crippen molar-refractivity contribution in [2.75, 3.05) is 13.7 Å². The average Bonchev–Trinajstić information content (AvgIpc) is 3.08. The first kappa shape index (κ1) is 21.2. The standard InChI is InChI=1S/C25H21ClN2O2S/c1-30-22-13-12-20(26)16-19(22)17-23-24(29)28(15-14-18-8-4-2-5-9-18)25(31-23)27-21-10-6-3-7-11-21/h2-13,16-17H,14-15H2,1H3/b23-17-,27-25?. The Kier molecular flexibility index (Phi) is 6.75. The fourth-order valence-electron chi connectivity index (χ4n) is 3.25. The summed E-state index contributed by atoms with van der Waals surface area (Å²) in [4.78, 5) is 20.4. The molecule has 1 fully saturated rings. The Morgan fingerprint density at radius 2 is 1.74 bits per heavy atom. The van der Waals surface area contributed by atoms with Gasteiger partial charge >= 0.3 is 0 Å². The highest BCUT2D eigenvalue weighted by atomic mass is 35.5. The lowest BCUT2D eigenvalue weighted by Gasteiger charge is -2.15. The van der Waals surface area contributed by atoms with Gasteiger partial charge in [0.15, 0.2) is 5.17 Å². The summed E-state index contributed by atoms with van der Waals surface area (Å²) in [5.41, 5.74) is 2.74. The lowest BCUT2D eigenvalue weighted by molar-refractivity contribution is -0.122. The van der Waals surface area contributed by atoms with Crippen LogP contribution in [0, 0.1) is 0 Å². The molecule has 0 saturated carbocycles. The molecule has 0 unspecified atom stereocenters. The first-order valence-electron chi connectivity index (χ1n) is 9.86. The summed E-state index contributed by atoms with van der Waals surface area (Å²) < 4.78 is 5.43. The number of amides is 1. The van der Waals surface area contributed by atoms with Crippen LogP contribution in [0.15, 0.2) is 88.8 Å². The summed E-state index contributed by atoms with van der Waals surface area (Å²) in [7, 11) is 1.60. The number of carbonyl (C=O) groups excluding carboxylic acids is 1. The molecular formula is C25H21ClN2O2S. The van der Waals surface area contributed by atoms with Gasteiger partial charge in [-0.3, -0.25) is 9.69 Å². The molecule has 3 aromatic rings. The molecule has 4 nitrogen and oxygen atoms in total. The van der Waals surface area contributed by atoms with Crippen molar-refractivity contribution >= 4 is 46.2 Å². The Labute approximate surface area is 191 Å². The Balaban J connectivity index is 1.67. The van der Waals surface area contributed by atoms with Crippen LogP contribution in [0.4, 0.5) is 5.69 Å². The quantitative estimate of drug-likeness (QED) is 0.422. The van der Waals surface area contributed by atoms with Crippen LogP contribution in [0.3, 0.4) is 0 Å². The maximum atomic E-state index is 13.3. The number of ether oxygens (including phenoxy) is 1. The molecule has 1 saturated heterocycles. The SMILES string of the molecule is COc1ccc(Cl)cc1/C=C1\SC(=Nc2ccccc2)N(CCc2ccccc2)C1=O. The lowest BCUT2D eigenvalue weighted by atomic mass is 10.1. The fourth-order valence-corrected chi connectivity index (χ4v) is 4.44. The van der Waals surface area contributed by atoms with Gasteiger partial charge in [-0.15, -0.1) is 0 Å². The molecule has 0 N–H and O–H groups in total. The molecule has 3 aromatic carbocycles. The molecule has 1 amide bonds. The maximum Gasteiger partial charge on any atom is 0.266 e. The zero-order valence-corrected chi connectivity index (χ0v) is 18.6. The third kappa shape index (κ3) is 5.19. The van der Waals surface area contributed by atoms with E-state index in [2.05, 4.69) is 12.1 Å². The van der Waals surface area contributed by atoms with E-state index in [1.165, 1.54) is 17.3 Å². The summed E-state index contributed by atoms with van der Waals surface area (Å²) in [5.74, 6) is 0.590. The number of amidine groups is 1. The number of hydrogen-bond acceptors (Lipinski definition) is 4. The molecule has 1 heterocycles. The number of hydrogen-bond donors (Lipinski definition) is 0. The monoisotopic (exact) mass is 448 g/mol. The van der Waals surface area contributed by atoms with Crippen LogP contribution in [0.1, 0.15) is 11.1 Å². The molecule has 31 heavy (non-hydrogen) atoms. The molecule has 1 aliphatic rings. The Morgan fingerprint density at radius 1 is 1.03 bits per heavy atom. The van der Waals surface area contributed by atoms with E-state index in [1.54, 1.807) is 30.2 Å². The second-order valence-corrected chi connectivity index (χ2v) is 8.36. The predicted molar refractivity (Wildman–Crippen MR) is 129 cm³/mol. The van der Waals surface area contributed by atoms with Crippen LogP contribution in [0.5, 0.6) is 5.75 Å². The second kappa shape index (κ2) is 9.86. The first-order chi connectivity index (χ1) is 15.1. The van der Waals surface area contributed by atoms with Crippen molar-refractivity contribution in [2.45, 2.75) is 6.42 Å². The minimum atomic E-state index is -0.0716. The van der Waals surface area contributed by atoms with Crippen molar-refractivity contribution in [1.29, 1.82) is 0 Å². The van der Waals surface area contributed by atoms with Crippen molar-refractivity contribution in [1.82, 2.24) is 4.90 Å². The Hall–Kier alpha value is -3.02. The maximum absolute atomic E-state index is 13.3. The molecule has 0 aliphatic carbocycles. The van der Waals surface area contributed by atoms with Crippen molar-refractivity contribution in [3.63, 3.8) is 0 Å². The van der Waals surface area contributed by atoms with E-state index in [9.17, 15) is 4.79 Å². The van der Waals surface area contributed by atoms with Gasteiger partial charge in [0.1, 0.15) is 5.75 Å². The van der Waals surface area contributed by atoms with Crippen molar-refractivity contribution in [2.24, 2.45) is 4.99 Å². The van der Waals surface area contributed by atoms with Gasteiger partial charge in [-0.1, -0.05) is 60.1 Å². The van der Waals surface area contributed by atoms with E-state index in [0.29, 0.717) is 27.4 Å². The van der Waals surface area contributed by atoms with Gasteiger partial charge in [-0.05, 0) is 60.2 Å². The molecule has 4 rings (SSSR count). The van der Waals surface area contributed by atoms with Crippen LogP contribution < -0.4 is 4.74 Å². The van der Waals surface area contributed by atoms with E-state index >= 15 is 0 Å². The highest BCUT2D eigenvalue weighted by Gasteiger charge is 2.33. The van der Waals surface area contributed by atoms with Gasteiger partial charge < -0.3 is 4.74 Å². The predicted octanol–water partition coefficient (Wildman–Crippen LogP) is 6.20. The third-order valence-electron chi connectivity index (χ3n) is 4.81. The Morgan fingerprint density at radius 3 is 2.45 bits per heavy atom. The molecule has 156 valence electrons. The summed E-state index contributed by atoms with van der Waals surface area (Å²) in [5, 5.41) is 1.25. The molecule has 0 bridgehead atoms. The van der Waals surface area contributed by atoms with Crippen molar-refractivity contribution in [3.05, 3.63) is 99.9 Å². The van der Waals surface area contributed by atoms with E-state index in [0.717, 1.165) is 17.7 Å². The van der Waals surface area contributed by atoms with Crippen LogP contribution in [-0.2, 0) is 11.2 Å². The van der Waals surface area contributed by atoms with Crippen LogP contribution in [-0.4, -0.2) is 29.6 Å². The lowest BCUT2D eigenvalue weighted by Crippen LogP contribution is -2.31. The van der Waals surface area contributed by atoms with Crippen LogP contribution in [0.2, 0.25) is 5.02 Å². The molecule has 0 aromatic heterocycles. The average molecular weight is 449 g/mol. The second-order valence-electron chi connectivity index (χ2n) is 6.92. The number of carbonyl (C=O) groups is 1. The Bertz CT molecular complexity index is 1130. The van der Waals surface area contributed by atoms with E-state index < -0.39 is 0 Å². The molecule has 0 atom stereocenters. The zero-order valence-electron chi connectivity index (χ0n) is 17.0. The number of nitrogens with zero attached hydrogens (tertiary/aromatic N) is 2. The highest BCUT2D eigenvalue weighted by Crippen LogP contribution is 2.36. The van der Waals surface area contributed by atoms with Gasteiger partial charge in [-0.25, -0.2) is 4.99 Å². The summed E-state index contributed by atoms with van der Waals surface area (Å²) in [6.45, 7) is 0.547. The highest BCUT2D eigenvalue weighted by molar-refractivity contribution is 8.18. The number of aliphatic imine (C=N–C) groups is 1. The van der Waals surface area contributed by atoms with Gasteiger partial charge in [0, 0.05) is 17.1 Å². The van der Waals surface area contributed by atoms with E-state index in [1.807, 2.05) is 54.6 Å². The summed E-state index contributed by atoms with van der Waals surface area (Å²) >= 11 is 7.53. The van der Waals surface area contributed by atoms with Crippen molar-refractivity contribution in [3.8, 4) is 5.75 Å². The normalized spacial score (nSPS) is 16.3. The number of halogens is 1. The van der Waals surface area contributed by atoms with Gasteiger partial charge in [0.25, 0.3) is 5.91 Å². The topological polar surface area (TPSA) is 41.9 Å². The van der Waals surface area contributed by atoms with E-state index in [-0.39, 0.29) is 5.91 Å². The number of para-hydroxylation sites is 1. The molecule has 1 aliphatic heterocycles. The van der Waals surface area contributed by atoms with Crippen molar-refractivity contribution < 1.29 is 9.53 Å². The zero-order chi connectivity index (χ0) is 21.6. The smallest absolute Gasteiger partial charge is 0.266 e. The minimum absolute atomic E-state index is 0.0716. The number of thioether (sulfide) groups is 1. The third-order valence-corrected chi connectivity index (χ3v) is 6.06. The first-order valence-corrected chi connectivity index (χ1v) is 11.1. The number of methoxy groups -OCH3 is 1.